The predicted molar refractivity (Wildman–Crippen MR) is 62.2 cm³/mol. The molecule has 0 saturated carbocycles. The average Bonchev–Trinajstić information content (AvgIpc) is 2.16. The van der Waals surface area contributed by atoms with Crippen LogP contribution in [0.2, 0.25) is 0 Å². The topological polar surface area (TPSA) is 56.0 Å². The quantitative estimate of drug-likeness (QED) is 0.803. The van der Waals surface area contributed by atoms with Crippen molar-refractivity contribution in [3.63, 3.8) is 0 Å². The van der Waals surface area contributed by atoms with E-state index in [0.717, 1.165) is 16.6 Å². The Labute approximate surface area is 93.7 Å². The Morgan fingerprint density at radius 2 is 2.00 bits per heavy atom. The van der Waals surface area contributed by atoms with E-state index < -0.39 is 5.91 Å². The first kappa shape index (κ1) is 11.5. The lowest BCUT2D eigenvalue weighted by molar-refractivity contribution is 0.100. The molecule has 15 heavy (non-hydrogen) atoms. The highest BCUT2D eigenvalue weighted by Crippen LogP contribution is 2.17. The first-order valence-electron chi connectivity index (χ1n) is 4.34. The summed E-state index contributed by atoms with van der Waals surface area (Å²) in [6.45, 7) is 1.85. The van der Waals surface area contributed by atoms with Gasteiger partial charge in [0.25, 0.3) is 0 Å². The molecule has 0 aliphatic carbocycles. The number of primary amides is 1. The number of aryl methyl sites for hydroxylation is 1. The second kappa shape index (κ2) is 4.28. The van der Waals surface area contributed by atoms with Gasteiger partial charge in [0.1, 0.15) is 0 Å². The molecule has 3 nitrogen and oxygen atoms in total. The van der Waals surface area contributed by atoms with Gasteiger partial charge in [-0.2, -0.15) is 0 Å². The molecule has 0 radical (unpaired) electrons. The van der Waals surface area contributed by atoms with Crippen LogP contribution < -0.4 is 5.73 Å². The smallest absolute Gasteiger partial charge is 0.249 e. The van der Waals surface area contributed by atoms with Gasteiger partial charge >= 0.3 is 0 Å². The zero-order valence-corrected chi connectivity index (χ0v) is 9.04. The second-order valence-corrected chi connectivity index (χ2v) is 3.19. The minimum Gasteiger partial charge on any atom is -0.366 e. The fourth-order valence-corrected chi connectivity index (χ4v) is 1.51. The SMILES string of the molecule is Cc1cc(C(N)=O)c2ccccc2n1.Cl. The van der Waals surface area contributed by atoms with Crippen molar-refractivity contribution in [1.29, 1.82) is 0 Å². The van der Waals surface area contributed by atoms with Gasteiger partial charge in [-0.05, 0) is 19.1 Å². The third-order valence-corrected chi connectivity index (χ3v) is 2.11. The standard InChI is InChI=1S/C11H10N2O.ClH/c1-7-6-9(11(12)14)8-4-2-3-5-10(8)13-7;/h2-6H,1H3,(H2,12,14);1H. The predicted octanol–water partition coefficient (Wildman–Crippen LogP) is 2.06. The first-order chi connectivity index (χ1) is 6.68. The zero-order valence-electron chi connectivity index (χ0n) is 8.23. The molecule has 0 bridgehead atoms. The number of nitrogens with zero attached hydrogens (tertiary/aromatic N) is 1. The van der Waals surface area contributed by atoms with Gasteiger partial charge in [-0.3, -0.25) is 9.78 Å². The Bertz CT molecular complexity index is 511. The molecule has 2 N–H and O–H groups in total. The number of pyridine rings is 1. The maximum Gasteiger partial charge on any atom is 0.249 e. The molecule has 0 aliphatic heterocycles. The van der Waals surface area contributed by atoms with Crippen molar-refractivity contribution in [3.8, 4) is 0 Å². The highest BCUT2D eigenvalue weighted by atomic mass is 35.5. The van der Waals surface area contributed by atoms with Crippen molar-refractivity contribution in [2.24, 2.45) is 5.73 Å². The molecule has 0 atom stereocenters. The van der Waals surface area contributed by atoms with Crippen molar-refractivity contribution >= 4 is 29.2 Å². The number of carbonyl (C=O) groups is 1. The molecule has 0 aliphatic rings. The number of nitrogens with two attached hydrogens (primary N) is 1. The molecule has 1 aromatic carbocycles. The third-order valence-electron chi connectivity index (χ3n) is 2.11. The number of benzene rings is 1. The molecule has 1 heterocycles. The molecule has 1 aromatic heterocycles. The summed E-state index contributed by atoms with van der Waals surface area (Å²) in [6.07, 6.45) is 0. The molecule has 0 fully saturated rings. The highest BCUT2D eigenvalue weighted by Gasteiger charge is 2.07. The van der Waals surface area contributed by atoms with Gasteiger partial charge in [0, 0.05) is 11.1 Å². The second-order valence-electron chi connectivity index (χ2n) is 3.19. The molecule has 78 valence electrons. The zero-order chi connectivity index (χ0) is 10.1. The van der Waals surface area contributed by atoms with Crippen molar-refractivity contribution in [3.05, 3.63) is 41.6 Å². The van der Waals surface area contributed by atoms with E-state index in [1.54, 1.807) is 6.07 Å². The van der Waals surface area contributed by atoms with Gasteiger partial charge in [0.05, 0.1) is 11.1 Å². The van der Waals surface area contributed by atoms with E-state index in [2.05, 4.69) is 4.98 Å². The summed E-state index contributed by atoms with van der Waals surface area (Å²) in [6, 6.07) is 9.19. The number of aromatic nitrogens is 1. The monoisotopic (exact) mass is 222 g/mol. The van der Waals surface area contributed by atoms with Crippen molar-refractivity contribution < 1.29 is 4.79 Å². The van der Waals surface area contributed by atoms with Crippen molar-refractivity contribution in [2.75, 3.05) is 0 Å². The van der Waals surface area contributed by atoms with Gasteiger partial charge in [0.15, 0.2) is 0 Å². The van der Waals surface area contributed by atoms with Gasteiger partial charge in [0.2, 0.25) is 5.91 Å². The number of hydrogen-bond donors (Lipinski definition) is 1. The normalized spacial score (nSPS) is 9.67. The molecule has 2 rings (SSSR count). The fraction of sp³-hybridized carbons (Fsp3) is 0.0909. The van der Waals surface area contributed by atoms with Crippen LogP contribution in [-0.2, 0) is 0 Å². The summed E-state index contributed by atoms with van der Waals surface area (Å²) in [5.74, 6) is -0.410. The molecule has 1 amide bonds. The fourth-order valence-electron chi connectivity index (χ4n) is 1.51. The van der Waals surface area contributed by atoms with E-state index >= 15 is 0 Å². The maximum absolute atomic E-state index is 11.2. The van der Waals surface area contributed by atoms with Crippen molar-refractivity contribution in [2.45, 2.75) is 6.92 Å². The summed E-state index contributed by atoms with van der Waals surface area (Å²) in [7, 11) is 0. The molecule has 0 spiro atoms. The molecular weight excluding hydrogens is 212 g/mol. The number of para-hydroxylation sites is 1. The molecule has 4 heteroatoms. The lowest BCUT2D eigenvalue weighted by Crippen LogP contribution is -2.12. The van der Waals surface area contributed by atoms with Crippen LogP contribution in [0.4, 0.5) is 0 Å². The number of fused-ring (bicyclic) bond motifs is 1. The van der Waals surface area contributed by atoms with E-state index in [1.165, 1.54) is 0 Å². The number of amides is 1. The Kier molecular flexibility index (Phi) is 3.27. The Balaban J connectivity index is 0.00000112. The lowest BCUT2D eigenvalue weighted by atomic mass is 10.1. The van der Waals surface area contributed by atoms with Gasteiger partial charge in [-0.1, -0.05) is 18.2 Å². The largest absolute Gasteiger partial charge is 0.366 e. The molecule has 0 unspecified atom stereocenters. The van der Waals surface area contributed by atoms with Crippen LogP contribution in [-0.4, -0.2) is 10.9 Å². The maximum atomic E-state index is 11.2. The summed E-state index contributed by atoms with van der Waals surface area (Å²) in [5.41, 5.74) is 7.43. The van der Waals surface area contributed by atoms with Crippen LogP contribution in [0, 0.1) is 6.92 Å². The lowest BCUT2D eigenvalue weighted by Gasteiger charge is -2.03. The van der Waals surface area contributed by atoms with Gasteiger partial charge in [-0.25, -0.2) is 0 Å². The van der Waals surface area contributed by atoms with Crippen LogP contribution in [0.1, 0.15) is 16.1 Å². The van der Waals surface area contributed by atoms with E-state index in [-0.39, 0.29) is 12.4 Å². The molecular formula is C11H11ClN2O. The third kappa shape index (κ3) is 2.07. The van der Waals surface area contributed by atoms with E-state index in [9.17, 15) is 4.79 Å². The summed E-state index contributed by atoms with van der Waals surface area (Å²) in [4.78, 5) is 15.5. The van der Waals surface area contributed by atoms with Crippen LogP contribution in [0.5, 0.6) is 0 Å². The number of hydrogen-bond acceptors (Lipinski definition) is 2. The van der Waals surface area contributed by atoms with Gasteiger partial charge < -0.3 is 5.73 Å². The van der Waals surface area contributed by atoms with E-state index in [1.807, 2.05) is 31.2 Å². The number of rotatable bonds is 1. The summed E-state index contributed by atoms with van der Waals surface area (Å²) < 4.78 is 0. The van der Waals surface area contributed by atoms with Crippen LogP contribution >= 0.6 is 12.4 Å². The van der Waals surface area contributed by atoms with Crippen molar-refractivity contribution in [1.82, 2.24) is 4.98 Å². The van der Waals surface area contributed by atoms with E-state index in [4.69, 9.17) is 5.73 Å². The Hall–Kier alpha value is -1.61. The van der Waals surface area contributed by atoms with Crippen LogP contribution in [0.15, 0.2) is 30.3 Å². The minimum atomic E-state index is -0.410. The number of carbonyl (C=O) groups excluding carboxylic acids is 1. The van der Waals surface area contributed by atoms with Crippen LogP contribution in [0.3, 0.4) is 0 Å². The van der Waals surface area contributed by atoms with Gasteiger partial charge in [-0.15, -0.1) is 12.4 Å². The summed E-state index contributed by atoms with van der Waals surface area (Å²) >= 11 is 0. The first-order valence-corrected chi connectivity index (χ1v) is 4.34. The molecule has 2 aromatic rings. The molecule has 0 saturated heterocycles. The van der Waals surface area contributed by atoms with Crippen LogP contribution in [0.25, 0.3) is 10.9 Å². The number of halogens is 1. The summed E-state index contributed by atoms with van der Waals surface area (Å²) in [5, 5.41) is 0.811. The Morgan fingerprint density at radius 3 is 2.67 bits per heavy atom. The van der Waals surface area contributed by atoms with E-state index in [0.29, 0.717) is 5.56 Å². The average molecular weight is 223 g/mol. The minimum absolute atomic E-state index is 0. The highest BCUT2D eigenvalue weighted by molar-refractivity contribution is 6.05. The Morgan fingerprint density at radius 1 is 1.33 bits per heavy atom.